The third-order valence-electron chi connectivity index (χ3n) is 5.27. The molecule has 33 heavy (non-hydrogen) atoms. The number of halogens is 3. The van der Waals surface area contributed by atoms with Gasteiger partial charge < -0.3 is 24.8 Å². The third-order valence-corrected chi connectivity index (χ3v) is 5.27. The molecule has 1 aromatic heterocycles. The van der Waals surface area contributed by atoms with Crippen LogP contribution in [-0.2, 0) is 24.4 Å². The second-order valence-electron chi connectivity index (χ2n) is 7.00. The first kappa shape index (κ1) is 23.7. The molecule has 0 aliphatic carbocycles. The number of nitrogens with zero attached hydrogens (tertiary/aromatic N) is 2. The smallest absolute Gasteiger partial charge is 0.425 e. The summed E-state index contributed by atoms with van der Waals surface area (Å²) >= 11 is 0. The molecule has 0 unspecified atom stereocenters. The summed E-state index contributed by atoms with van der Waals surface area (Å²) in [5, 5.41) is 3.55. The van der Waals surface area contributed by atoms with E-state index in [1.807, 2.05) is 5.32 Å². The Hall–Kier alpha value is -3.97. The number of carbonyl (C=O) groups excluding carboxylic acids is 2. The SMILES string of the molecule is COc1cc(C(=O)N[C@]2(C(F)(F)F)C(=O)Nc3c2c(=O)n(C)c(=O)n3C)cc(OC)c1OC. The van der Waals surface area contributed by atoms with Crippen molar-refractivity contribution in [2.75, 3.05) is 26.6 Å². The number of amides is 2. The zero-order chi connectivity index (χ0) is 24.9. The van der Waals surface area contributed by atoms with Crippen LogP contribution in [0.5, 0.6) is 17.2 Å². The summed E-state index contributed by atoms with van der Waals surface area (Å²) in [5.41, 5.74) is -7.64. The van der Waals surface area contributed by atoms with Gasteiger partial charge in [0.05, 0.1) is 21.3 Å². The van der Waals surface area contributed by atoms with Crippen molar-refractivity contribution in [2.45, 2.75) is 11.7 Å². The number of carbonyl (C=O) groups is 2. The Balaban J connectivity index is 2.26. The fraction of sp³-hybridized carbons (Fsp3) is 0.368. The van der Waals surface area contributed by atoms with E-state index in [9.17, 15) is 32.3 Å². The van der Waals surface area contributed by atoms with Gasteiger partial charge in [-0.05, 0) is 12.1 Å². The van der Waals surface area contributed by atoms with Gasteiger partial charge in [-0.15, -0.1) is 0 Å². The monoisotopic (exact) mass is 472 g/mol. The first-order chi connectivity index (χ1) is 15.3. The molecule has 0 saturated heterocycles. The number of rotatable bonds is 5. The van der Waals surface area contributed by atoms with E-state index in [2.05, 4.69) is 0 Å². The first-order valence-corrected chi connectivity index (χ1v) is 9.16. The number of aromatic nitrogens is 2. The molecule has 0 spiro atoms. The summed E-state index contributed by atoms with van der Waals surface area (Å²) in [6.07, 6.45) is -5.46. The Labute approximate surface area is 183 Å². The highest BCUT2D eigenvalue weighted by Gasteiger charge is 2.68. The van der Waals surface area contributed by atoms with E-state index in [0.717, 1.165) is 26.2 Å². The lowest BCUT2D eigenvalue weighted by molar-refractivity contribution is -0.196. The molecule has 1 aliphatic heterocycles. The number of nitrogens with one attached hydrogen (secondary N) is 2. The van der Waals surface area contributed by atoms with E-state index in [-0.39, 0.29) is 22.8 Å². The molecule has 14 heteroatoms. The molecule has 0 saturated carbocycles. The molecule has 11 nitrogen and oxygen atoms in total. The second-order valence-corrected chi connectivity index (χ2v) is 7.00. The predicted octanol–water partition coefficient (Wildman–Crippen LogP) is 0.250. The molecule has 0 fully saturated rings. The van der Waals surface area contributed by atoms with Crippen LogP contribution in [0.1, 0.15) is 15.9 Å². The minimum absolute atomic E-state index is 0.0300. The average Bonchev–Trinajstić information content (AvgIpc) is 3.08. The Morgan fingerprint density at radius 2 is 1.55 bits per heavy atom. The molecule has 2 aromatic rings. The van der Waals surface area contributed by atoms with E-state index in [4.69, 9.17) is 14.2 Å². The van der Waals surface area contributed by atoms with Gasteiger partial charge in [0.1, 0.15) is 11.4 Å². The van der Waals surface area contributed by atoms with Crippen molar-refractivity contribution < 1.29 is 37.0 Å². The number of hydrogen-bond acceptors (Lipinski definition) is 7. The van der Waals surface area contributed by atoms with E-state index < -0.39 is 46.2 Å². The summed E-state index contributed by atoms with van der Waals surface area (Å²) in [7, 11) is 5.80. The van der Waals surface area contributed by atoms with E-state index >= 15 is 0 Å². The van der Waals surface area contributed by atoms with Crippen LogP contribution in [0.2, 0.25) is 0 Å². The minimum atomic E-state index is -5.46. The van der Waals surface area contributed by atoms with Gasteiger partial charge in [0, 0.05) is 19.7 Å². The number of alkyl halides is 3. The highest BCUT2D eigenvalue weighted by molar-refractivity contribution is 6.09. The first-order valence-electron chi connectivity index (χ1n) is 9.16. The van der Waals surface area contributed by atoms with E-state index in [0.29, 0.717) is 9.13 Å². The fourth-order valence-electron chi connectivity index (χ4n) is 3.56. The van der Waals surface area contributed by atoms with Crippen molar-refractivity contribution in [1.82, 2.24) is 14.5 Å². The molecule has 0 radical (unpaired) electrons. The molecule has 178 valence electrons. The van der Waals surface area contributed by atoms with Gasteiger partial charge >= 0.3 is 11.9 Å². The molecular formula is C19H19F3N4O7. The second kappa shape index (κ2) is 7.86. The Bertz CT molecular complexity index is 1260. The Morgan fingerprint density at radius 1 is 1.00 bits per heavy atom. The topological polar surface area (TPSA) is 130 Å². The van der Waals surface area contributed by atoms with Crippen molar-refractivity contribution in [2.24, 2.45) is 14.1 Å². The standard InChI is InChI=1S/C19H19F3N4O7/c1-25-13-11(15(28)26(2)17(25)30)18(16(29)23-13,19(20,21)22)24-14(27)8-6-9(31-3)12(33-5)10(7-8)32-4/h6-7H,1-5H3,(H,23,29)(H,24,27)/t18-/m0/s1. The Kier molecular flexibility index (Phi) is 5.65. The van der Waals surface area contributed by atoms with Crippen LogP contribution >= 0.6 is 0 Å². The van der Waals surface area contributed by atoms with Crippen LogP contribution < -0.4 is 36.1 Å². The fourth-order valence-corrected chi connectivity index (χ4v) is 3.56. The molecule has 0 bridgehead atoms. The largest absolute Gasteiger partial charge is 0.493 e. The molecule has 1 atom stereocenters. The van der Waals surface area contributed by atoms with Crippen LogP contribution in [0.4, 0.5) is 19.0 Å². The van der Waals surface area contributed by atoms with Crippen LogP contribution in [-0.4, -0.2) is 48.5 Å². The van der Waals surface area contributed by atoms with Gasteiger partial charge in [-0.1, -0.05) is 0 Å². The predicted molar refractivity (Wildman–Crippen MR) is 107 cm³/mol. The molecule has 1 aromatic carbocycles. The molecule has 2 amide bonds. The zero-order valence-corrected chi connectivity index (χ0v) is 18.0. The van der Waals surface area contributed by atoms with Gasteiger partial charge in [0.2, 0.25) is 5.75 Å². The number of benzene rings is 1. The van der Waals surface area contributed by atoms with Crippen LogP contribution in [0, 0.1) is 0 Å². The van der Waals surface area contributed by atoms with Gasteiger partial charge in [-0.2, -0.15) is 13.2 Å². The highest BCUT2D eigenvalue weighted by Crippen LogP contribution is 2.45. The third kappa shape index (κ3) is 3.29. The maximum absolute atomic E-state index is 14.4. The average molecular weight is 472 g/mol. The zero-order valence-electron chi connectivity index (χ0n) is 18.0. The number of anilines is 1. The van der Waals surface area contributed by atoms with Gasteiger partial charge in [-0.3, -0.25) is 23.5 Å². The van der Waals surface area contributed by atoms with Gasteiger partial charge in [-0.25, -0.2) is 4.79 Å². The van der Waals surface area contributed by atoms with E-state index in [1.165, 1.54) is 21.3 Å². The Morgan fingerprint density at radius 3 is 2.00 bits per heavy atom. The van der Waals surface area contributed by atoms with Gasteiger partial charge in [0.15, 0.2) is 11.5 Å². The van der Waals surface area contributed by atoms with Crippen LogP contribution in [0.3, 0.4) is 0 Å². The molecule has 1 aliphatic rings. The summed E-state index contributed by atoms with van der Waals surface area (Å²) < 4.78 is 59.6. The number of methoxy groups -OCH3 is 3. The van der Waals surface area contributed by atoms with Crippen LogP contribution in [0.25, 0.3) is 0 Å². The summed E-state index contributed by atoms with van der Waals surface area (Å²) in [6, 6.07) is 2.15. The maximum atomic E-state index is 14.4. The molecule has 3 rings (SSSR count). The number of hydrogen-bond donors (Lipinski definition) is 2. The van der Waals surface area contributed by atoms with Crippen LogP contribution in [0.15, 0.2) is 21.7 Å². The van der Waals surface area contributed by atoms with E-state index in [1.54, 1.807) is 5.32 Å². The van der Waals surface area contributed by atoms with Gasteiger partial charge in [0.25, 0.3) is 22.9 Å². The summed E-state index contributed by atoms with van der Waals surface area (Å²) in [6.45, 7) is 0. The van der Waals surface area contributed by atoms with Crippen molar-refractivity contribution >= 4 is 17.6 Å². The maximum Gasteiger partial charge on any atom is 0.425 e. The normalized spacial score (nSPS) is 17.3. The lowest BCUT2D eigenvalue weighted by Gasteiger charge is -2.30. The number of fused-ring (bicyclic) bond motifs is 1. The number of ether oxygens (including phenoxy) is 3. The molecule has 2 heterocycles. The lowest BCUT2D eigenvalue weighted by Crippen LogP contribution is -2.62. The van der Waals surface area contributed by atoms with Crippen molar-refractivity contribution in [3.05, 3.63) is 44.1 Å². The molecule has 2 N–H and O–H groups in total. The highest BCUT2D eigenvalue weighted by atomic mass is 19.4. The van der Waals surface area contributed by atoms with Crippen molar-refractivity contribution in [3.8, 4) is 17.2 Å². The summed E-state index contributed by atoms with van der Waals surface area (Å²) in [4.78, 5) is 50.5. The molecular weight excluding hydrogens is 453 g/mol. The quantitative estimate of drug-likeness (QED) is 0.638. The lowest BCUT2D eigenvalue weighted by atomic mass is 9.91. The summed E-state index contributed by atoms with van der Waals surface area (Å²) in [5.74, 6) is -3.77. The van der Waals surface area contributed by atoms with Crippen molar-refractivity contribution in [3.63, 3.8) is 0 Å². The minimum Gasteiger partial charge on any atom is -0.493 e. The van der Waals surface area contributed by atoms with Crippen molar-refractivity contribution in [1.29, 1.82) is 0 Å².